The number of benzene rings is 8. The highest BCUT2D eigenvalue weighted by atomic mass is 16.3. The fourth-order valence-corrected chi connectivity index (χ4v) is 6.85. The third-order valence-corrected chi connectivity index (χ3v) is 9.05. The summed E-state index contributed by atoms with van der Waals surface area (Å²) < 4.78 is 6.70. The van der Waals surface area contributed by atoms with E-state index in [0.29, 0.717) is 0 Å². The van der Waals surface area contributed by atoms with E-state index in [1.165, 1.54) is 32.7 Å². The molecule has 0 aliphatic carbocycles. The zero-order valence-electron chi connectivity index (χ0n) is 25.1. The molecule has 9 aromatic rings. The molecule has 216 valence electrons. The van der Waals surface area contributed by atoms with E-state index in [4.69, 9.17) is 4.42 Å². The van der Waals surface area contributed by atoms with E-state index in [-0.39, 0.29) is 0 Å². The van der Waals surface area contributed by atoms with Gasteiger partial charge in [0.2, 0.25) is 0 Å². The van der Waals surface area contributed by atoms with Gasteiger partial charge in [-0.1, -0.05) is 127 Å². The Labute approximate surface area is 267 Å². The normalized spacial score (nSPS) is 11.5. The van der Waals surface area contributed by atoms with Gasteiger partial charge in [0, 0.05) is 22.3 Å². The van der Waals surface area contributed by atoms with Crippen molar-refractivity contribution in [3.63, 3.8) is 0 Å². The molecule has 0 aliphatic heterocycles. The van der Waals surface area contributed by atoms with Crippen LogP contribution in [0.1, 0.15) is 0 Å². The molecule has 0 saturated carbocycles. The van der Waals surface area contributed by atoms with Crippen LogP contribution in [0.25, 0.3) is 65.7 Å². The lowest BCUT2D eigenvalue weighted by Crippen LogP contribution is -2.10. The average molecular weight is 588 g/mol. The zero-order chi connectivity index (χ0) is 30.5. The summed E-state index contributed by atoms with van der Waals surface area (Å²) in [5, 5.41) is 7.15. The second-order valence-corrected chi connectivity index (χ2v) is 11.7. The lowest BCUT2D eigenvalue weighted by atomic mass is 9.97. The maximum Gasteiger partial charge on any atom is 0.145 e. The van der Waals surface area contributed by atoms with Crippen LogP contribution in [-0.4, -0.2) is 0 Å². The number of para-hydroxylation sites is 2. The molecule has 0 unspecified atom stereocenters. The SMILES string of the molecule is c1ccc(N(c2ccc(-c3cccc4ccccc34)cc2)c2ccc(-c3ccc4ccccc4c3)c3oc4ccccc4c23)cc1. The van der Waals surface area contributed by atoms with E-state index >= 15 is 0 Å². The number of rotatable bonds is 5. The summed E-state index contributed by atoms with van der Waals surface area (Å²) in [6.07, 6.45) is 0. The van der Waals surface area contributed by atoms with Gasteiger partial charge >= 0.3 is 0 Å². The molecule has 1 heterocycles. The highest BCUT2D eigenvalue weighted by Gasteiger charge is 2.22. The Balaban J connectivity index is 1.25. The maximum atomic E-state index is 6.70. The number of anilines is 3. The minimum atomic E-state index is 0.881. The molecule has 0 spiro atoms. The highest BCUT2D eigenvalue weighted by Crippen LogP contribution is 2.46. The van der Waals surface area contributed by atoms with E-state index in [1.54, 1.807) is 0 Å². The number of hydrogen-bond donors (Lipinski definition) is 0. The monoisotopic (exact) mass is 587 g/mol. The molecule has 46 heavy (non-hydrogen) atoms. The Morgan fingerprint density at radius 2 is 1.04 bits per heavy atom. The van der Waals surface area contributed by atoms with Gasteiger partial charge < -0.3 is 9.32 Å². The number of nitrogens with zero attached hydrogens (tertiary/aromatic N) is 1. The quantitative estimate of drug-likeness (QED) is 0.199. The fourth-order valence-electron chi connectivity index (χ4n) is 6.85. The summed E-state index contributed by atoms with van der Waals surface area (Å²) in [4.78, 5) is 2.35. The van der Waals surface area contributed by atoms with Gasteiger partial charge in [0.1, 0.15) is 11.2 Å². The van der Waals surface area contributed by atoms with Crippen LogP contribution in [0.5, 0.6) is 0 Å². The average Bonchev–Trinajstić information content (AvgIpc) is 3.52. The van der Waals surface area contributed by atoms with Crippen molar-refractivity contribution in [3.05, 3.63) is 176 Å². The van der Waals surface area contributed by atoms with Crippen molar-refractivity contribution in [2.75, 3.05) is 4.90 Å². The van der Waals surface area contributed by atoms with Crippen LogP contribution in [0.15, 0.2) is 180 Å². The zero-order valence-corrected chi connectivity index (χ0v) is 25.1. The van der Waals surface area contributed by atoms with Crippen LogP contribution >= 0.6 is 0 Å². The van der Waals surface area contributed by atoms with Gasteiger partial charge in [0.15, 0.2) is 0 Å². The molecule has 0 fully saturated rings. The van der Waals surface area contributed by atoms with Crippen molar-refractivity contribution in [3.8, 4) is 22.3 Å². The third-order valence-electron chi connectivity index (χ3n) is 9.05. The van der Waals surface area contributed by atoms with Crippen LogP contribution in [0.3, 0.4) is 0 Å². The molecule has 8 aromatic carbocycles. The summed E-state index contributed by atoms with van der Waals surface area (Å²) in [5.41, 5.74) is 9.67. The lowest BCUT2D eigenvalue weighted by molar-refractivity contribution is 0.670. The number of fused-ring (bicyclic) bond motifs is 5. The second kappa shape index (κ2) is 10.8. The third kappa shape index (κ3) is 4.35. The molecule has 0 saturated heterocycles. The summed E-state index contributed by atoms with van der Waals surface area (Å²) in [6.45, 7) is 0. The van der Waals surface area contributed by atoms with Crippen molar-refractivity contribution >= 4 is 60.5 Å². The summed E-state index contributed by atoms with van der Waals surface area (Å²) in [7, 11) is 0. The molecule has 0 amide bonds. The molecule has 2 heteroatoms. The first kappa shape index (κ1) is 26.3. The summed E-state index contributed by atoms with van der Waals surface area (Å²) in [6, 6.07) is 62.6. The van der Waals surface area contributed by atoms with Gasteiger partial charge in [0.25, 0.3) is 0 Å². The Hall–Kier alpha value is -6.12. The number of furan rings is 1. The Morgan fingerprint density at radius 3 is 1.89 bits per heavy atom. The molecule has 0 atom stereocenters. The van der Waals surface area contributed by atoms with Crippen LogP contribution in [0, 0.1) is 0 Å². The van der Waals surface area contributed by atoms with E-state index in [1.807, 2.05) is 6.07 Å². The Bertz CT molecular complexity index is 2520. The van der Waals surface area contributed by atoms with Gasteiger partial charge in [-0.05, 0) is 86.8 Å². The minimum Gasteiger partial charge on any atom is -0.455 e. The van der Waals surface area contributed by atoms with E-state index in [2.05, 4.69) is 175 Å². The predicted octanol–water partition coefficient (Wildman–Crippen LogP) is 12.7. The predicted molar refractivity (Wildman–Crippen MR) is 194 cm³/mol. The largest absolute Gasteiger partial charge is 0.455 e. The molecule has 0 bridgehead atoms. The molecular weight excluding hydrogens is 558 g/mol. The van der Waals surface area contributed by atoms with E-state index in [0.717, 1.165) is 50.1 Å². The Kier molecular flexibility index (Phi) is 6.17. The maximum absolute atomic E-state index is 6.70. The Morgan fingerprint density at radius 1 is 0.391 bits per heavy atom. The summed E-state index contributed by atoms with van der Waals surface area (Å²) in [5.74, 6) is 0. The fraction of sp³-hybridized carbons (Fsp3) is 0. The molecule has 0 aliphatic rings. The molecule has 2 nitrogen and oxygen atoms in total. The number of hydrogen-bond acceptors (Lipinski definition) is 2. The summed E-state index contributed by atoms with van der Waals surface area (Å²) >= 11 is 0. The van der Waals surface area contributed by atoms with Crippen molar-refractivity contribution in [1.29, 1.82) is 0 Å². The van der Waals surface area contributed by atoms with Crippen LogP contribution in [0.4, 0.5) is 17.1 Å². The first-order chi connectivity index (χ1) is 22.8. The molecule has 0 radical (unpaired) electrons. The van der Waals surface area contributed by atoms with Crippen molar-refractivity contribution in [2.24, 2.45) is 0 Å². The van der Waals surface area contributed by atoms with Crippen molar-refractivity contribution < 1.29 is 4.42 Å². The lowest BCUT2D eigenvalue weighted by Gasteiger charge is -2.27. The van der Waals surface area contributed by atoms with Gasteiger partial charge in [-0.25, -0.2) is 0 Å². The molecule has 9 rings (SSSR count). The van der Waals surface area contributed by atoms with Crippen LogP contribution in [-0.2, 0) is 0 Å². The first-order valence-electron chi connectivity index (χ1n) is 15.7. The first-order valence-corrected chi connectivity index (χ1v) is 15.7. The standard InChI is InChI=1S/C44H29NO/c1-2-15-35(16-3-1)45(36-25-23-32(24-26-36)38-19-10-14-31-12-6-7-17-37(31)38)41-28-27-39(34-22-21-30-11-4-5-13-33(30)29-34)44-43(41)40-18-8-9-20-42(40)46-44/h1-29H. The molecular formula is C44H29NO. The van der Waals surface area contributed by atoms with E-state index < -0.39 is 0 Å². The van der Waals surface area contributed by atoms with Crippen LogP contribution < -0.4 is 4.90 Å². The molecule has 1 aromatic heterocycles. The smallest absolute Gasteiger partial charge is 0.145 e. The second-order valence-electron chi connectivity index (χ2n) is 11.7. The van der Waals surface area contributed by atoms with Crippen molar-refractivity contribution in [1.82, 2.24) is 0 Å². The highest BCUT2D eigenvalue weighted by molar-refractivity contribution is 6.17. The molecule has 0 N–H and O–H groups in total. The van der Waals surface area contributed by atoms with Gasteiger partial charge in [-0.15, -0.1) is 0 Å². The topological polar surface area (TPSA) is 16.4 Å². The minimum absolute atomic E-state index is 0.881. The van der Waals surface area contributed by atoms with Gasteiger partial charge in [-0.2, -0.15) is 0 Å². The van der Waals surface area contributed by atoms with Crippen molar-refractivity contribution in [2.45, 2.75) is 0 Å². The van der Waals surface area contributed by atoms with Gasteiger partial charge in [-0.3, -0.25) is 0 Å². The van der Waals surface area contributed by atoms with Gasteiger partial charge in [0.05, 0.1) is 11.1 Å². The van der Waals surface area contributed by atoms with Crippen LogP contribution in [0.2, 0.25) is 0 Å². The van der Waals surface area contributed by atoms with E-state index in [9.17, 15) is 0 Å².